The predicted molar refractivity (Wildman–Crippen MR) is 90.8 cm³/mol. The highest BCUT2D eigenvalue weighted by molar-refractivity contribution is 5.55. The number of imidazole rings is 1. The molecule has 7 nitrogen and oxygen atoms in total. The van der Waals surface area contributed by atoms with E-state index in [2.05, 4.69) is 9.88 Å². The fourth-order valence-corrected chi connectivity index (χ4v) is 3.54. The largest absolute Gasteiger partial charge is 0.493 e. The van der Waals surface area contributed by atoms with Crippen LogP contribution in [-0.2, 0) is 13.1 Å². The Labute approximate surface area is 146 Å². The molecule has 0 saturated carbocycles. The van der Waals surface area contributed by atoms with Gasteiger partial charge in [-0.05, 0) is 30.5 Å². The molecule has 0 bridgehead atoms. The van der Waals surface area contributed by atoms with Gasteiger partial charge in [0.2, 0.25) is 12.5 Å². The van der Waals surface area contributed by atoms with Crippen molar-refractivity contribution in [2.24, 2.45) is 0 Å². The summed E-state index contributed by atoms with van der Waals surface area (Å²) in [7, 11) is 1.64. The normalized spacial score (nSPS) is 19.1. The average Bonchev–Trinajstić information content (AvgIpc) is 3.28. The van der Waals surface area contributed by atoms with Gasteiger partial charge < -0.3 is 23.9 Å². The Morgan fingerprint density at radius 1 is 1.28 bits per heavy atom. The molecular weight excluding hydrogens is 322 g/mol. The van der Waals surface area contributed by atoms with Gasteiger partial charge in [-0.3, -0.25) is 4.90 Å². The van der Waals surface area contributed by atoms with Crippen LogP contribution in [0.15, 0.2) is 30.9 Å². The predicted octanol–water partition coefficient (Wildman–Crippen LogP) is 1.65. The standard InChI is InChI=1S/C18H23N3O4/c1-23-15-8-14(9-16-17(15)25-13-24-16)10-20-5-2-18(22,3-6-20)11-21-7-4-19-12-21/h4,7-9,12,22H,2-3,5-6,10-11,13H2,1H3. The molecule has 0 radical (unpaired) electrons. The Morgan fingerprint density at radius 2 is 2.12 bits per heavy atom. The van der Waals surface area contributed by atoms with Crippen LogP contribution in [0.3, 0.4) is 0 Å². The van der Waals surface area contributed by atoms with Crippen LogP contribution in [0.5, 0.6) is 17.2 Å². The summed E-state index contributed by atoms with van der Waals surface area (Å²) >= 11 is 0. The number of piperidine rings is 1. The second kappa shape index (κ2) is 6.57. The molecule has 0 aliphatic carbocycles. The van der Waals surface area contributed by atoms with Gasteiger partial charge in [0.1, 0.15) is 0 Å². The van der Waals surface area contributed by atoms with Gasteiger partial charge in [0.25, 0.3) is 0 Å². The molecule has 4 rings (SSSR count). The molecule has 3 heterocycles. The fraction of sp³-hybridized carbons (Fsp3) is 0.500. The van der Waals surface area contributed by atoms with Gasteiger partial charge in [0.15, 0.2) is 11.5 Å². The zero-order chi connectivity index (χ0) is 17.3. The van der Waals surface area contributed by atoms with Crippen molar-refractivity contribution in [2.75, 3.05) is 27.0 Å². The Bertz CT molecular complexity index is 724. The number of aliphatic hydroxyl groups is 1. The molecule has 1 aromatic carbocycles. The minimum Gasteiger partial charge on any atom is -0.493 e. The topological polar surface area (TPSA) is 69.0 Å². The number of rotatable bonds is 5. The molecule has 2 aliphatic rings. The number of hydrogen-bond acceptors (Lipinski definition) is 6. The zero-order valence-electron chi connectivity index (χ0n) is 14.4. The molecule has 7 heteroatoms. The highest BCUT2D eigenvalue weighted by Crippen LogP contribution is 2.42. The summed E-state index contributed by atoms with van der Waals surface area (Å²) in [6, 6.07) is 4.01. The second-order valence-electron chi connectivity index (χ2n) is 6.77. The molecule has 0 atom stereocenters. The summed E-state index contributed by atoms with van der Waals surface area (Å²) in [4.78, 5) is 6.39. The number of hydrogen-bond donors (Lipinski definition) is 1. The smallest absolute Gasteiger partial charge is 0.231 e. The average molecular weight is 345 g/mol. The molecule has 1 saturated heterocycles. The van der Waals surface area contributed by atoms with Gasteiger partial charge in [-0.15, -0.1) is 0 Å². The number of methoxy groups -OCH3 is 1. The monoisotopic (exact) mass is 345 g/mol. The van der Waals surface area contributed by atoms with Crippen LogP contribution in [0.1, 0.15) is 18.4 Å². The maximum atomic E-state index is 10.8. The quantitative estimate of drug-likeness (QED) is 0.889. The summed E-state index contributed by atoms with van der Waals surface area (Å²) in [6.45, 7) is 3.33. The van der Waals surface area contributed by atoms with E-state index >= 15 is 0 Å². The fourth-order valence-electron chi connectivity index (χ4n) is 3.54. The SMILES string of the molecule is COc1cc(CN2CCC(O)(Cn3ccnc3)CC2)cc2c1OCO2. The molecule has 0 spiro atoms. The Kier molecular flexibility index (Phi) is 4.27. The number of fused-ring (bicyclic) bond motifs is 1. The first-order valence-corrected chi connectivity index (χ1v) is 8.52. The lowest BCUT2D eigenvalue weighted by molar-refractivity contribution is -0.0357. The molecule has 25 heavy (non-hydrogen) atoms. The van der Waals surface area contributed by atoms with E-state index < -0.39 is 5.60 Å². The third kappa shape index (κ3) is 3.43. The zero-order valence-corrected chi connectivity index (χ0v) is 14.4. The van der Waals surface area contributed by atoms with E-state index in [9.17, 15) is 5.11 Å². The van der Waals surface area contributed by atoms with Gasteiger partial charge in [0.05, 0.1) is 25.6 Å². The van der Waals surface area contributed by atoms with Crippen molar-refractivity contribution >= 4 is 0 Å². The molecule has 2 aromatic rings. The lowest BCUT2D eigenvalue weighted by atomic mass is 9.91. The molecule has 0 unspecified atom stereocenters. The Morgan fingerprint density at radius 3 is 2.84 bits per heavy atom. The van der Waals surface area contributed by atoms with E-state index in [1.165, 1.54) is 0 Å². The first kappa shape index (κ1) is 16.2. The third-order valence-corrected chi connectivity index (χ3v) is 4.95. The van der Waals surface area contributed by atoms with Crippen LogP contribution in [0.4, 0.5) is 0 Å². The van der Waals surface area contributed by atoms with Crippen molar-refractivity contribution in [1.29, 1.82) is 0 Å². The van der Waals surface area contributed by atoms with Crippen LogP contribution >= 0.6 is 0 Å². The van der Waals surface area contributed by atoms with Crippen molar-refractivity contribution in [2.45, 2.75) is 31.5 Å². The first-order valence-electron chi connectivity index (χ1n) is 8.52. The van der Waals surface area contributed by atoms with Gasteiger partial charge in [-0.25, -0.2) is 4.98 Å². The minimum absolute atomic E-state index is 0.236. The number of aromatic nitrogens is 2. The third-order valence-electron chi connectivity index (χ3n) is 4.95. The van der Waals surface area contributed by atoms with Crippen molar-refractivity contribution in [3.8, 4) is 17.2 Å². The summed E-state index contributed by atoms with van der Waals surface area (Å²) in [5, 5.41) is 10.8. The highest BCUT2D eigenvalue weighted by atomic mass is 16.7. The molecular formula is C18H23N3O4. The van der Waals surface area contributed by atoms with Crippen molar-refractivity contribution in [3.05, 3.63) is 36.4 Å². The van der Waals surface area contributed by atoms with E-state index in [-0.39, 0.29) is 6.79 Å². The summed E-state index contributed by atoms with van der Waals surface area (Å²) < 4.78 is 18.3. The summed E-state index contributed by atoms with van der Waals surface area (Å²) in [6.07, 6.45) is 6.87. The van der Waals surface area contributed by atoms with Crippen LogP contribution in [-0.4, -0.2) is 52.2 Å². The Balaban J connectivity index is 1.39. The van der Waals surface area contributed by atoms with Crippen LogP contribution in [0.25, 0.3) is 0 Å². The maximum absolute atomic E-state index is 10.8. The molecule has 134 valence electrons. The van der Waals surface area contributed by atoms with Gasteiger partial charge in [-0.2, -0.15) is 0 Å². The van der Waals surface area contributed by atoms with Gasteiger partial charge in [0, 0.05) is 32.0 Å². The van der Waals surface area contributed by atoms with E-state index in [1.807, 2.05) is 22.9 Å². The van der Waals surface area contributed by atoms with E-state index in [4.69, 9.17) is 14.2 Å². The number of benzene rings is 1. The molecule has 0 amide bonds. The molecule has 2 aliphatic heterocycles. The summed E-state index contributed by atoms with van der Waals surface area (Å²) in [5.41, 5.74) is 0.463. The molecule has 1 N–H and O–H groups in total. The molecule has 1 aromatic heterocycles. The summed E-state index contributed by atoms with van der Waals surface area (Å²) in [5.74, 6) is 2.13. The maximum Gasteiger partial charge on any atom is 0.231 e. The Hall–Kier alpha value is -2.25. The number of nitrogens with zero attached hydrogens (tertiary/aromatic N) is 3. The van der Waals surface area contributed by atoms with Gasteiger partial charge in [-0.1, -0.05) is 0 Å². The lowest BCUT2D eigenvalue weighted by Gasteiger charge is -2.38. The van der Waals surface area contributed by atoms with Crippen LogP contribution in [0.2, 0.25) is 0 Å². The van der Waals surface area contributed by atoms with E-state index in [1.54, 1.807) is 19.6 Å². The van der Waals surface area contributed by atoms with E-state index in [0.717, 1.165) is 43.8 Å². The van der Waals surface area contributed by atoms with Crippen LogP contribution < -0.4 is 14.2 Å². The number of ether oxygens (including phenoxy) is 3. The van der Waals surface area contributed by atoms with Crippen molar-refractivity contribution in [1.82, 2.24) is 14.5 Å². The second-order valence-corrected chi connectivity index (χ2v) is 6.77. The van der Waals surface area contributed by atoms with Crippen LogP contribution in [0, 0.1) is 0 Å². The molecule has 1 fully saturated rings. The minimum atomic E-state index is -0.663. The highest BCUT2D eigenvalue weighted by Gasteiger charge is 2.32. The number of likely N-dealkylation sites (tertiary alicyclic amines) is 1. The first-order chi connectivity index (χ1) is 12.1. The van der Waals surface area contributed by atoms with E-state index in [0.29, 0.717) is 18.0 Å². The van der Waals surface area contributed by atoms with Gasteiger partial charge >= 0.3 is 0 Å². The van der Waals surface area contributed by atoms with Crippen molar-refractivity contribution < 1.29 is 19.3 Å². The van der Waals surface area contributed by atoms with Crippen molar-refractivity contribution in [3.63, 3.8) is 0 Å². The lowest BCUT2D eigenvalue weighted by Crippen LogP contribution is -2.46.